The summed E-state index contributed by atoms with van der Waals surface area (Å²) in [4.78, 5) is 11.8. The number of amides is 1. The summed E-state index contributed by atoms with van der Waals surface area (Å²) in [6, 6.07) is 7.77. The highest BCUT2D eigenvalue weighted by Crippen LogP contribution is 2.11. The Morgan fingerprint density at radius 1 is 1.41 bits per heavy atom. The maximum atomic E-state index is 11.8. The van der Waals surface area contributed by atoms with Gasteiger partial charge in [-0.3, -0.25) is 4.79 Å². The van der Waals surface area contributed by atoms with E-state index in [1.165, 1.54) is 0 Å². The van der Waals surface area contributed by atoms with E-state index in [0.29, 0.717) is 17.5 Å². The Morgan fingerprint density at radius 2 is 2.18 bits per heavy atom. The van der Waals surface area contributed by atoms with E-state index in [1.807, 2.05) is 24.3 Å². The van der Waals surface area contributed by atoms with Crippen LogP contribution < -0.4 is 10.6 Å². The number of rotatable bonds is 3. The highest BCUT2D eigenvalue weighted by Gasteiger charge is 2.15. The minimum absolute atomic E-state index is 0.0826. The number of benzene rings is 1. The molecule has 4 heteroatoms. The van der Waals surface area contributed by atoms with Gasteiger partial charge in [-0.1, -0.05) is 23.7 Å². The van der Waals surface area contributed by atoms with Gasteiger partial charge in [0.2, 0.25) is 5.91 Å². The predicted octanol–water partition coefficient (Wildman–Crippen LogP) is 1.75. The van der Waals surface area contributed by atoms with Crippen LogP contribution in [0.2, 0.25) is 5.02 Å². The SMILES string of the molecule is O=C(Cc1cccc(Cl)c1)NC1CCNCC1. The molecule has 1 fully saturated rings. The third kappa shape index (κ3) is 4.02. The molecule has 1 saturated heterocycles. The molecule has 1 aliphatic heterocycles. The zero-order chi connectivity index (χ0) is 12.1. The van der Waals surface area contributed by atoms with E-state index >= 15 is 0 Å². The Kier molecular flexibility index (Phi) is 4.40. The Morgan fingerprint density at radius 3 is 2.88 bits per heavy atom. The van der Waals surface area contributed by atoms with Gasteiger partial charge in [0.15, 0.2) is 0 Å². The van der Waals surface area contributed by atoms with Crippen molar-refractivity contribution in [2.75, 3.05) is 13.1 Å². The first-order valence-corrected chi connectivity index (χ1v) is 6.36. The van der Waals surface area contributed by atoms with Gasteiger partial charge in [0.25, 0.3) is 0 Å². The van der Waals surface area contributed by atoms with Gasteiger partial charge in [0.1, 0.15) is 0 Å². The van der Waals surface area contributed by atoms with Crippen LogP contribution in [0.5, 0.6) is 0 Å². The van der Waals surface area contributed by atoms with E-state index in [4.69, 9.17) is 11.6 Å². The minimum atomic E-state index is 0.0826. The molecular weight excluding hydrogens is 236 g/mol. The fourth-order valence-electron chi connectivity index (χ4n) is 2.08. The van der Waals surface area contributed by atoms with Crippen LogP contribution in [0, 0.1) is 0 Å². The highest BCUT2D eigenvalue weighted by atomic mass is 35.5. The number of carbonyl (C=O) groups is 1. The van der Waals surface area contributed by atoms with E-state index in [-0.39, 0.29) is 5.91 Å². The molecule has 0 radical (unpaired) electrons. The van der Waals surface area contributed by atoms with Crippen LogP contribution in [0.25, 0.3) is 0 Å². The Bertz CT molecular complexity index is 389. The Labute approximate surface area is 107 Å². The van der Waals surface area contributed by atoms with Crippen molar-refractivity contribution in [1.82, 2.24) is 10.6 Å². The second-order valence-corrected chi connectivity index (χ2v) is 4.83. The fourth-order valence-corrected chi connectivity index (χ4v) is 2.29. The molecule has 0 aliphatic carbocycles. The van der Waals surface area contributed by atoms with Gasteiger partial charge in [0, 0.05) is 11.1 Å². The lowest BCUT2D eigenvalue weighted by Crippen LogP contribution is -2.43. The molecular formula is C13H17ClN2O. The monoisotopic (exact) mass is 252 g/mol. The topological polar surface area (TPSA) is 41.1 Å². The molecule has 0 unspecified atom stereocenters. The number of hydrogen-bond acceptors (Lipinski definition) is 2. The summed E-state index contributed by atoms with van der Waals surface area (Å²) in [5.74, 6) is 0.0826. The molecule has 3 nitrogen and oxygen atoms in total. The summed E-state index contributed by atoms with van der Waals surface area (Å²) >= 11 is 5.88. The standard InChI is InChI=1S/C13H17ClN2O/c14-11-3-1-2-10(8-11)9-13(17)16-12-4-6-15-7-5-12/h1-3,8,12,15H,4-7,9H2,(H,16,17). The van der Waals surface area contributed by atoms with Gasteiger partial charge in [-0.05, 0) is 43.6 Å². The lowest BCUT2D eigenvalue weighted by Gasteiger charge is -2.23. The summed E-state index contributed by atoms with van der Waals surface area (Å²) in [5.41, 5.74) is 0.962. The first-order valence-electron chi connectivity index (χ1n) is 5.98. The van der Waals surface area contributed by atoms with E-state index in [2.05, 4.69) is 10.6 Å². The third-order valence-corrected chi connectivity index (χ3v) is 3.19. The van der Waals surface area contributed by atoms with Crippen LogP contribution >= 0.6 is 11.6 Å². The van der Waals surface area contributed by atoms with Crippen molar-refractivity contribution < 1.29 is 4.79 Å². The number of carbonyl (C=O) groups excluding carboxylic acids is 1. The quantitative estimate of drug-likeness (QED) is 0.861. The van der Waals surface area contributed by atoms with Gasteiger partial charge >= 0.3 is 0 Å². The van der Waals surface area contributed by atoms with Crippen LogP contribution in [0.3, 0.4) is 0 Å². The molecule has 0 atom stereocenters. The van der Waals surface area contributed by atoms with Gasteiger partial charge in [-0.15, -0.1) is 0 Å². The Hall–Kier alpha value is -1.06. The normalized spacial score (nSPS) is 16.8. The molecule has 1 heterocycles. The van der Waals surface area contributed by atoms with E-state index in [9.17, 15) is 4.79 Å². The molecule has 1 aromatic rings. The molecule has 0 saturated carbocycles. The Balaban J connectivity index is 1.84. The lowest BCUT2D eigenvalue weighted by molar-refractivity contribution is -0.121. The maximum absolute atomic E-state index is 11.8. The number of halogens is 1. The van der Waals surface area contributed by atoms with Crippen molar-refractivity contribution in [3.63, 3.8) is 0 Å². The van der Waals surface area contributed by atoms with Crippen molar-refractivity contribution in [3.8, 4) is 0 Å². The fraction of sp³-hybridized carbons (Fsp3) is 0.462. The summed E-state index contributed by atoms with van der Waals surface area (Å²) in [6.45, 7) is 1.98. The first-order chi connectivity index (χ1) is 8.24. The van der Waals surface area contributed by atoms with Crippen molar-refractivity contribution >= 4 is 17.5 Å². The van der Waals surface area contributed by atoms with Gasteiger partial charge in [0.05, 0.1) is 6.42 Å². The van der Waals surface area contributed by atoms with Crippen molar-refractivity contribution in [1.29, 1.82) is 0 Å². The van der Waals surface area contributed by atoms with Gasteiger partial charge in [-0.2, -0.15) is 0 Å². The van der Waals surface area contributed by atoms with E-state index in [0.717, 1.165) is 31.5 Å². The average molecular weight is 253 g/mol. The molecule has 2 rings (SSSR count). The average Bonchev–Trinajstić information content (AvgIpc) is 2.30. The number of nitrogens with one attached hydrogen (secondary N) is 2. The van der Waals surface area contributed by atoms with Crippen molar-refractivity contribution in [2.24, 2.45) is 0 Å². The summed E-state index contributed by atoms with van der Waals surface area (Å²) in [7, 11) is 0. The molecule has 0 spiro atoms. The summed E-state index contributed by atoms with van der Waals surface area (Å²) < 4.78 is 0. The van der Waals surface area contributed by atoms with Crippen LogP contribution in [0.4, 0.5) is 0 Å². The number of hydrogen-bond donors (Lipinski definition) is 2. The highest BCUT2D eigenvalue weighted by molar-refractivity contribution is 6.30. The zero-order valence-corrected chi connectivity index (χ0v) is 10.5. The number of piperidine rings is 1. The third-order valence-electron chi connectivity index (χ3n) is 2.96. The second kappa shape index (κ2) is 6.03. The molecule has 17 heavy (non-hydrogen) atoms. The summed E-state index contributed by atoms with van der Waals surface area (Å²) in [6.07, 6.45) is 2.44. The molecule has 0 aromatic heterocycles. The molecule has 0 bridgehead atoms. The van der Waals surface area contributed by atoms with Crippen molar-refractivity contribution in [2.45, 2.75) is 25.3 Å². The molecule has 1 aromatic carbocycles. The van der Waals surface area contributed by atoms with Crippen LogP contribution in [-0.2, 0) is 11.2 Å². The van der Waals surface area contributed by atoms with Gasteiger partial charge < -0.3 is 10.6 Å². The van der Waals surface area contributed by atoms with E-state index < -0.39 is 0 Å². The van der Waals surface area contributed by atoms with Crippen LogP contribution in [0.1, 0.15) is 18.4 Å². The minimum Gasteiger partial charge on any atom is -0.353 e. The largest absolute Gasteiger partial charge is 0.353 e. The van der Waals surface area contributed by atoms with Gasteiger partial charge in [-0.25, -0.2) is 0 Å². The second-order valence-electron chi connectivity index (χ2n) is 4.40. The zero-order valence-electron chi connectivity index (χ0n) is 9.71. The van der Waals surface area contributed by atoms with Crippen molar-refractivity contribution in [3.05, 3.63) is 34.9 Å². The molecule has 2 N–H and O–H groups in total. The first kappa shape index (κ1) is 12.4. The molecule has 1 aliphatic rings. The van der Waals surface area contributed by atoms with Crippen LogP contribution in [-0.4, -0.2) is 25.0 Å². The summed E-state index contributed by atoms with van der Waals surface area (Å²) in [5, 5.41) is 7.02. The molecule has 1 amide bonds. The van der Waals surface area contributed by atoms with E-state index in [1.54, 1.807) is 0 Å². The van der Waals surface area contributed by atoms with Crippen LogP contribution in [0.15, 0.2) is 24.3 Å². The smallest absolute Gasteiger partial charge is 0.224 e. The molecule has 92 valence electrons. The maximum Gasteiger partial charge on any atom is 0.224 e. The predicted molar refractivity (Wildman–Crippen MR) is 69.2 cm³/mol. The lowest BCUT2D eigenvalue weighted by atomic mass is 10.1.